The van der Waals surface area contributed by atoms with Crippen molar-refractivity contribution in [3.8, 4) is 0 Å². The first-order chi connectivity index (χ1) is 6.81. The van der Waals surface area contributed by atoms with Crippen molar-refractivity contribution in [1.82, 2.24) is 9.97 Å². The molecular weight excluding hydrogens is 232 g/mol. The Kier molecular flexibility index (Phi) is 3.52. The Morgan fingerprint density at radius 1 is 1.57 bits per heavy atom. The molecule has 0 radical (unpaired) electrons. The van der Waals surface area contributed by atoms with Gasteiger partial charge >= 0.3 is 0 Å². The molecule has 1 aliphatic heterocycles. The zero-order chi connectivity index (χ0) is 9.97. The van der Waals surface area contributed by atoms with Gasteiger partial charge in [-0.1, -0.05) is 19.1 Å². The van der Waals surface area contributed by atoms with Gasteiger partial charge in [-0.3, -0.25) is 0 Å². The Hall–Kier alpha value is -0.000000000000000111. The van der Waals surface area contributed by atoms with E-state index in [4.69, 9.17) is 12.2 Å². The molecule has 0 spiro atoms. The lowest BCUT2D eigenvalue weighted by molar-refractivity contribution is 0.963. The molecule has 1 aliphatic rings. The van der Waals surface area contributed by atoms with E-state index in [0.717, 1.165) is 33.5 Å². The summed E-state index contributed by atoms with van der Waals surface area (Å²) in [5.41, 5.74) is 2.54. The van der Waals surface area contributed by atoms with Crippen molar-refractivity contribution in [2.24, 2.45) is 0 Å². The minimum atomic E-state index is 0.801. The molecule has 2 rings (SSSR count). The molecule has 0 aromatic carbocycles. The molecule has 2 nitrogen and oxygen atoms in total. The molecular formula is C9H12N2S3. The van der Waals surface area contributed by atoms with Crippen molar-refractivity contribution in [2.75, 3.05) is 5.75 Å². The second-order valence-electron chi connectivity index (χ2n) is 3.08. The third-order valence-electron chi connectivity index (χ3n) is 2.09. The number of aromatic amines is 1. The summed E-state index contributed by atoms with van der Waals surface area (Å²) in [5, 5.41) is 0. The summed E-state index contributed by atoms with van der Waals surface area (Å²) < 4.78 is 0.801. The van der Waals surface area contributed by atoms with Gasteiger partial charge < -0.3 is 4.98 Å². The van der Waals surface area contributed by atoms with E-state index in [1.807, 2.05) is 23.5 Å². The third kappa shape index (κ3) is 2.15. The Labute approximate surface area is 97.3 Å². The molecule has 0 atom stereocenters. The molecule has 14 heavy (non-hydrogen) atoms. The zero-order valence-corrected chi connectivity index (χ0v) is 10.4. The highest BCUT2D eigenvalue weighted by Gasteiger charge is 2.14. The molecule has 2 heterocycles. The number of nitrogens with zero attached hydrogens (tertiary/aromatic N) is 1. The first kappa shape index (κ1) is 10.5. The molecule has 0 saturated heterocycles. The SMILES string of the molecule is CCSCc1nc(=S)c2c([nH]1)CSC2. The lowest BCUT2D eigenvalue weighted by Gasteiger charge is -2.03. The average Bonchev–Trinajstić information content (AvgIpc) is 2.63. The van der Waals surface area contributed by atoms with Crippen LogP contribution in [0.15, 0.2) is 0 Å². The van der Waals surface area contributed by atoms with Crippen LogP contribution in [0, 0.1) is 4.64 Å². The maximum Gasteiger partial charge on any atom is 0.134 e. The molecule has 0 fully saturated rings. The minimum Gasteiger partial charge on any atom is -0.345 e. The van der Waals surface area contributed by atoms with Crippen LogP contribution in [-0.4, -0.2) is 15.7 Å². The summed E-state index contributed by atoms with van der Waals surface area (Å²) in [5.74, 6) is 5.18. The maximum atomic E-state index is 5.26. The van der Waals surface area contributed by atoms with Crippen molar-refractivity contribution < 1.29 is 0 Å². The lowest BCUT2D eigenvalue weighted by Crippen LogP contribution is -1.99. The van der Waals surface area contributed by atoms with Gasteiger partial charge in [-0.15, -0.1) is 0 Å². The molecule has 1 aromatic heterocycles. The summed E-state index contributed by atoms with van der Waals surface area (Å²) in [6.07, 6.45) is 0. The minimum absolute atomic E-state index is 0.801. The number of aromatic nitrogens is 2. The standard InChI is InChI=1S/C9H12N2S3/c1-2-13-5-8-10-7-4-14-3-6(7)9(12)11-8/h2-5H2,1H3,(H,10,11,12). The second kappa shape index (κ2) is 4.68. The van der Waals surface area contributed by atoms with Crippen molar-refractivity contribution in [2.45, 2.75) is 24.2 Å². The van der Waals surface area contributed by atoms with Crippen LogP contribution < -0.4 is 0 Å². The molecule has 0 aliphatic carbocycles. The van der Waals surface area contributed by atoms with E-state index in [9.17, 15) is 0 Å². The monoisotopic (exact) mass is 244 g/mol. The fraction of sp³-hybridized carbons (Fsp3) is 0.556. The van der Waals surface area contributed by atoms with E-state index < -0.39 is 0 Å². The highest BCUT2D eigenvalue weighted by Crippen LogP contribution is 2.28. The van der Waals surface area contributed by atoms with Crippen molar-refractivity contribution >= 4 is 35.7 Å². The van der Waals surface area contributed by atoms with Crippen molar-refractivity contribution in [3.05, 3.63) is 21.7 Å². The molecule has 0 saturated carbocycles. The van der Waals surface area contributed by atoms with Gasteiger partial charge in [0.05, 0.1) is 5.75 Å². The zero-order valence-electron chi connectivity index (χ0n) is 8.00. The summed E-state index contributed by atoms with van der Waals surface area (Å²) in [6, 6.07) is 0. The van der Waals surface area contributed by atoms with E-state index in [1.54, 1.807) is 0 Å². The molecule has 0 bridgehead atoms. The van der Waals surface area contributed by atoms with Crippen LogP contribution in [0.25, 0.3) is 0 Å². The summed E-state index contributed by atoms with van der Waals surface area (Å²) in [6.45, 7) is 2.16. The van der Waals surface area contributed by atoms with Crippen LogP contribution in [0.3, 0.4) is 0 Å². The van der Waals surface area contributed by atoms with Crippen LogP contribution in [0.5, 0.6) is 0 Å². The van der Waals surface area contributed by atoms with Gasteiger partial charge in [0, 0.05) is 22.8 Å². The predicted octanol–water partition coefficient (Wildman–Crippen LogP) is 3.14. The quantitative estimate of drug-likeness (QED) is 0.827. The van der Waals surface area contributed by atoms with Gasteiger partial charge in [0.1, 0.15) is 10.5 Å². The number of thioether (sulfide) groups is 2. The number of H-pyrrole nitrogens is 1. The number of rotatable bonds is 3. The fourth-order valence-corrected chi connectivity index (χ4v) is 3.39. The van der Waals surface area contributed by atoms with Gasteiger partial charge in [0.15, 0.2) is 0 Å². The van der Waals surface area contributed by atoms with E-state index in [1.165, 1.54) is 11.3 Å². The van der Waals surface area contributed by atoms with Gasteiger partial charge in [-0.05, 0) is 5.75 Å². The van der Waals surface area contributed by atoms with Crippen LogP contribution in [0.4, 0.5) is 0 Å². The molecule has 5 heteroatoms. The Morgan fingerprint density at radius 2 is 2.43 bits per heavy atom. The van der Waals surface area contributed by atoms with E-state index in [2.05, 4.69) is 16.9 Å². The van der Waals surface area contributed by atoms with Crippen LogP contribution in [0.2, 0.25) is 0 Å². The topological polar surface area (TPSA) is 28.7 Å². The average molecular weight is 244 g/mol. The first-order valence-electron chi connectivity index (χ1n) is 4.57. The Morgan fingerprint density at radius 3 is 3.21 bits per heavy atom. The molecule has 1 N–H and O–H groups in total. The fourth-order valence-electron chi connectivity index (χ4n) is 1.39. The van der Waals surface area contributed by atoms with Gasteiger partial charge in [0.25, 0.3) is 0 Å². The van der Waals surface area contributed by atoms with Gasteiger partial charge in [-0.25, -0.2) is 4.98 Å². The number of hydrogen-bond acceptors (Lipinski definition) is 4. The number of fused-ring (bicyclic) bond motifs is 1. The van der Waals surface area contributed by atoms with E-state index in [0.29, 0.717) is 0 Å². The lowest BCUT2D eigenvalue weighted by atomic mass is 10.3. The van der Waals surface area contributed by atoms with Crippen molar-refractivity contribution in [1.29, 1.82) is 0 Å². The predicted molar refractivity (Wildman–Crippen MR) is 66.3 cm³/mol. The smallest absolute Gasteiger partial charge is 0.134 e. The van der Waals surface area contributed by atoms with Crippen molar-refractivity contribution in [3.63, 3.8) is 0 Å². The molecule has 76 valence electrons. The summed E-state index contributed by atoms with van der Waals surface area (Å²) in [4.78, 5) is 7.79. The third-order valence-corrected chi connectivity index (χ3v) is 4.30. The molecule has 1 aromatic rings. The van der Waals surface area contributed by atoms with E-state index in [-0.39, 0.29) is 0 Å². The highest BCUT2D eigenvalue weighted by atomic mass is 32.2. The van der Waals surface area contributed by atoms with Crippen LogP contribution in [-0.2, 0) is 17.3 Å². The number of nitrogens with one attached hydrogen (secondary N) is 1. The maximum absolute atomic E-state index is 5.26. The number of hydrogen-bond donors (Lipinski definition) is 1. The van der Waals surface area contributed by atoms with Crippen LogP contribution >= 0.6 is 35.7 Å². The van der Waals surface area contributed by atoms with E-state index >= 15 is 0 Å². The largest absolute Gasteiger partial charge is 0.345 e. The summed E-state index contributed by atoms with van der Waals surface area (Å²) in [7, 11) is 0. The normalized spacial score (nSPS) is 14.4. The van der Waals surface area contributed by atoms with Crippen LogP contribution in [0.1, 0.15) is 24.0 Å². The van der Waals surface area contributed by atoms with Gasteiger partial charge in [0.2, 0.25) is 0 Å². The Bertz CT molecular complexity index is 386. The highest BCUT2D eigenvalue weighted by molar-refractivity contribution is 7.98. The molecule has 0 unspecified atom stereocenters. The first-order valence-corrected chi connectivity index (χ1v) is 7.29. The second-order valence-corrected chi connectivity index (χ2v) is 5.72. The molecule has 0 amide bonds. The van der Waals surface area contributed by atoms with Gasteiger partial charge in [-0.2, -0.15) is 23.5 Å². The summed E-state index contributed by atoms with van der Waals surface area (Å²) >= 11 is 9.04. The Balaban J connectivity index is 2.28.